The Morgan fingerprint density at radius 1 is 1.29 bits per heavy atom. The number of rotatable bonds is 10. The number of hydrogen-bond donors (Lipinski definition) is 1. The predicted octanol–water partition coefficient (Wildman–Crippen LogP) is 1.59. The van der Waals surface area contributed by atoms with Crippen LogP contribution in [0.25, 0.3) is 0 Å². The smallest absolute Gasteiger partial charge is 0.346 e. The maximum Gasteiger partial charge on any atom is 0.346 e. The van der Waals surface area contributed by atoms with Crippen molar-refractivity contribution in [3.05, 3.63) is 0 Å². The molecule has 0 bridgehead atoms. The van der Waals surface area contributed by atoms with Crippen molar-refractivity contribution in [1.82, 2.24) is 9.34 Å². The number of alkyl halides is 2. The van der Waals surface area contributed by atoms with Crippen molar-refractivity contribution in [2.45, 2.75) is 6.42 Å². The maximum absolute atomic E-state index is 12.8. The largest absolute Gasteiger partial charge is 0.396 e. The third-order valence-corrected chi connectivity index (χ3v) is 5.47. The zero-order valence-corrected chi connectivity index (χ0v) is 12.1. The van der Waals surface area contributed by atoms with E-state index in [9.17, 15) is 4.57 Å². The topological polar surface area (TPSA) is 52.8 Å². The van der Waals surface area contributed by atoms with Gasteiger partial charge in [0, 0.05) is 44.5 Å². The van der Waals surface area contributed by atoms with Crippen LogP contribution >= 0.6 is 30.9 Å². The Morgan fingerprint density at radius 3 is 2.29 bits per heavy atom. The summed E-state index contributed by atoms with van der Waals surface area (Å²) in [4.78, 5) is 0. The third-order valence-electron chi connectivity index (χ3n) is 2.39. The standard InChI is InChI=1S/C9H19Cl2N2O3P/c10-2-4-12(5-3-11)17(15,13-6-7-13)16-9-1-8-14/h14H,1-9H2. The van der Waals surface area contributed by atoms with Crippen LogP contribution in [0.3, 0.4) is 0 Å². The van der Waals surface area contributed by atoms with Gasteiger partial charge in [0.15, 0.2) is 0 Å². The molecule has 5 nitrogen and oxygen atoms in total. The molecule has 102 valence electrons. The Hall–Kier alpha value is 0.650. The highest BCUT2D eigenvalue weighted by Gasteiger charge is 2.44. The Labute approximate surface area is 112 Å². The summed E-state index contributed by atoms with van der Waals surface area (Å²) in [7, 11) is -2.97. The lowest BCUT2D eigenvalue weighted by Gasteiger charge is -2.30. The van der Waals surface area contributed by atoms with Gasteiger partial charge in [0.1, 0.15) is 0 Å². The fraction of sp³-hybridized carbons (Fsp3) is 1.00. The van der Waals surface area contributed by atoms with E-state index in [4.69, 9.17) is 32.8 Å². The van der Waals surface area contributed by atoms with Gasteiger partial charge >= 0.3 is 7.67 Å². The van der Waals surface area contributed by atoms with E-state index in [1.807, 2.05) is 0 Å². The molecule has 0 aromatic carbocycles. The first-order chi connectivity index (χ1) is 8.19. The quantitative estimate of drug-likeness (QED) is 0.287. The Bertz CT molecular complexity index is 261. The lowest BCUT2D eigenvalue weighted by atomic mass is 10.5. The van der Waals surface area contributed by atoms with Gasteiger partial charge in [0.05, 0.1) is 6.61 Å². The first-order valence-electron chi connectivity index (χ1n) is 5.67. The van der Waals surface area contributed by atoms with Crippen molar-refractivity contribution in [1.29, 1.82) is 0 Å². The van der Waals surface area contributed by atoms with Gasteiger partial charge in [-0.2, -0.15) is 0 Å². The van der Waals surface area contributed by atoms with E-state index >= 15 is 0 Å². The van der Waals surface area contributed by atoms with Crippen LogP contribution in [0, 0.1) is 0 Å². The van der Waals surface area contributed by atoms with E-state index in [1.165, 1.54) is 0 Å². The molecule has 1 saturated heterocycles. The summed E-state index contributed by atoms with van der Waals surface area (Å²) in [5.41, 5.74) is 0. The minimum atomic E-state index is -2.97. The van der Waals surface area contributed by atoms with E-state index in [0.717, 1.165) is 13.1 Å². The van der Waals surface area contributed by atoms with Crippen LogP contribution in [0.15, 0.2) is 0 Å². The van der Waals surface area contributed by atoms with Crippen molar-refractivity contribution in [3.63, 3.8) is 0 Å². The van der Waals surface area contributed by atoms with Crippen LogP contribution in [0.4, 0.5) is 0 Å². The molecule has 0 spiro atoms. The highest BCUT2D eigenvalue weighted by Crippen LogP contribution is 2.57. The molecule has 17 heavy (non-hydrogen) atoms. The molecule has 1 fully saturated rings. The SMILES string of the molecule is O=P(OCCCO)(N(CCCl)CCCl)N1CC1. The molecule has 1 rings (SSSR count). The van der Waals surface area contributed by atoms with E-state index < -0.39 is 7.67 Å². The molecule has 0 saturated carbocycles. The molecule has 1 N–H and O–H groups in total. The van der Waals surface area contributed by atoms with Crippen LogP contribution in [0.5, 0.6) is 0 Å². The Morgan fingerprint density at radius 2 is 1.88 bits per heavy atom. The average Bonchev–Trinajstić information content (AvgIpc) is 3.13. The third kappa shape index (κ3) is 4.67. The van der Waals surface area contributed by atoms with Crippen molar-refractivity contribution in [2.24, 2.45) is 0 Å². The van der Waals surface area contributed by atoms with Gasteiger partial charge in [-0.1, -0.05) is 0 Å². The summed E-state index contributed by atoms with van der Waals surface area (Å²) in [5.74, 6) is 0.774. The zero-order chi connectivity index (χ0) is 12.7. The number of hydrogen-bond acceptors (Lipinski definition) is 3. The average molecular weight is 305 g/mol. The van der Waals surface area contributed by atoms with Crippen LogP contribution in [0.1, 0.15) is 6.42 Å². The normalized spacial score (nSPS) is 19.5. The summed E-state index contributed by atoms with van der Waals surface area (Å²) in [5, 5.41) is 8.72. The van der Waals surface area contributed by atoms with Crippen molar-refractivity contribution in [3.8, 4) is 0 Å². The molecule has 0 radical (unpaired) electrons. The minimum absolute atomic E-state index is 0.0328. The molecular formula is C9H19Cl2N2O3P. The van der Waals surface area contributed by atoms with Crippen molar-refractivity contribution in [2.75, 3.05) is 51.2 Å². The van der Waals surface area contributed by atoms with Gasteiger partial charge in [-0.25, -0.2) is 9.34 Å². The number of halogens is 2. The second-order valence-electron chi connectivity index (χ2n) is 3.69. The van der Waals surface area contributed by atoms with Gasteiger partial charge in [-0.3, -0.25) is 4.57 Å². The van der Waals surface area contributed by atoms with Crippen LogP contribution in [-0.2, 0) is 9.09 Å². The highest BCUT2D eigenvalue weighted by molar-refractivity contribution is 7.54. The van der Waals surface area contributed by atoms with Gasteiger partial charge in [0.25, 0.3) is 0 Å². The fourth-order valence-corrected chi connectivity index (χ4v) is 4.44. The van der Waals surface area contributed by atoms with Crippen LogP contribution in [-0.4, -0.2) is 65.6 Å². The van der Waals surface area contributed by atoms with Gasteiger partial charge in [-0.05, 0) is 6.42 Å². The van der Waals surface area contributed by atoms with E-state index in [2.05, 4.69) is 0 Å². The molecule has 0 amide bonds. The first kappa shape index (κ1) is 15.7. The summed E-state index contributed by atoms with van der Waals surface area (Å²) < 4.78 is 21.8. The summed E-state index contributed by atoms with van der Waals surface area (Å²) in [6, 6.07) is 0. The molecule has 1 heterocycles. The lowest BCUT2D eigenvalue weighted by molar-refractivity contribution is 0.206. The zero-order valence-electron chi connectivity index (χ0n) is 9.73. The Kier molecular flexibility index (Phi) is 7.34. The van der Waals surface area contributed by atoms with Crippen molar-refractivity contribution >= 4 is 30.9 Å². The van der Waals surface area contributed by atoms with E-state index in [-0.39, 0.29) is 13.2 Å². The molecular weight excluding hydrogens is 286 g/mol. The molecule has 1 aliphatic heterocycles. The van der Waals surface area contributed by atoms with Crippen LogP contribution < -0.4 is 0 Å². The number of nitrogens with zero attached hydrogens (tertiary/aromatic N) is 2. The second kappa shape index (κ2) is 7.95. The molecule has 0 aromatic heterocycles. The Balaban J connectivity index is 2.62. The van der Waals surface area contributed by atoms with Gasteiger partial charge in [0.2, 0.25) is 0 Å². The minimum Gasteiger partial charge on any atom is -0.396 e. The van der Waals surface area contributed by atoms with Gasteiger partial charge < -0.3 is 9.63 Å². The summed E-state index contributed by atoms with van der Waals surface area (Å²) in [6.45, 7) is 2.84. The summed E-state index contributed by atoms with van der Waals surface area (Å²) in [6.07, 6.45) is 0.480. The number of aliphatic hydroxyl groups excluding tert-OH is 1. The van der Waals surface area contributed by atoms with Gasteiger partial charge in [-0.15, -0.1) is 23.2 Å². The predicted molar refractivity (Wildman–Crippen MR) is 69.8 cm³/mol. The highest BCUT2D eigenvalue weighted by atomic mass is 35.5. The maximum atomic E-state index is 12.8. The molecule has 1 unspecified atom stereocenters. The van der Waals surface area contributed by atoms with E-state index in [0.29, 0.717) is 31.3 Å². The summed E-state index contributed by atoms with van der Waals surface area (Å²) >= 11 is 11.4. The monoisotopic (exact) mass is 304 g/mol. The van der Waals surface area contributed by atoms with Crippen molar-refractivity contribution < 1.29 is 14.2 Å². The molecule has 1 atom stereocenters. The second-order valence-corrected chi connectivity index (χ2v) is 6.81. The molecule has 1 aliphatic rings. The molecule has 8 heteroatoms. The molecule has 0 aromatic rings. The molecule has 0 aliphatic carbocycles. The fourth-order valence-electron chi connectivity index (χ4n) is 1.45. The number of aliphatic hydroxyl groups is 1. The first-order valence-corrected chi connectivity index (χ1v) is 8.27. The lowest BCUT2D eigenvalue weighted by Crippen LogP contribution is -2.29. The van der Waals surface area contributed by atoms with E-state index in [1.54, 1.807) is 9.34 Å². The van der Waals surface area contributed by atoms with Crippen LogP contribution in [0.2, 0.25) is 0 Å².